The van der Waals surface area contributed by atoms with Crippen LogP contribution in [0.4, 0.5) is 21.0 Å². The Labute approximate surface area is 282 Å². The van der Waals surface area contributed by atoms with E-state index < -0.39 is 17.3 Å². The summed E-state index contributed by atoms with van der Waals surface area (Å²) in [7, 11) is 1.93. The first-order chi connectivity index (χ1) is 22.2. The van der Waals surface area contributed by atoms with Crippen LogP contribution in [0.5, 0.6) is 5.75 Å². The summed E-state index contributed by atoms with van der Waals surface area (Å²) >= 11 is 1.71. The van der Waals surface area contributed by atoms with Crippen LogP contribution in [0.2, 0.25) is 0 Å². The molecule has 0 saturated carbocycles. The maximum atomic E-state index is 13.6. The van der Waals surface area contributed by atoms with Crippen molar-refractivity contribution in [3.8, 4) is 5.75 Å². The molecule has 47 heavy (non-hydrogen) atoms. The summed E-state index contributed by atoms with van der Waals surface area (Å²) in [4.78, 5) is 44.7. The Morgan fingerprint density at radius 1 is 0.936 bits per heavy atom. The summed E-state index contributed by atoms with van der Waals surface area (Å²) in [5, 5.41) is 5.39. The van der Waals surface area contributed by atoms with Gasteiger partial charge in [-0.15, -0.1) is 11.8 Å². The number of ether oxygens (including phenoxy) is 3. The number of thioether (sulfide) groups is 1. The first kappa shape index (κ1) is 34.2. The van der Waals surface area contributed by atoms with E-state index in [1.165, 1.54) is 0 Å². The zero-order chi connectivity index (χ0) is 33.9. The second kappa shape index (κ2) is 13.9. The predicted octanol–water partition coefficient (Wildman–Crippen LogP) is 7.17. The lowest BCUT2D eigenvalue weighted by Crippen LogP contribution is -2.44. The van der Waals surface area contributed by atoms with Crippen molar-refractivity contribution in [1.82, 2.24) is 9.80 Å². The number of nitrogens with one attached hydrogen (secondary N) is 1. The molecule has 0 radical (unpaired) electrons. The third-order valence-electron chi connectivity index (χ3n) is 7.98. The standard InChI is InChI=1S/C36H46N4O6S/c1-35(2,3)45-33(42)39-19-16-27(17-20-39)44-26-14-12-25(13-15-26)40(34(43)46-36(4,5)6)23-24-10-8-9-11-28(24)37-32(41)30-22-31-29(38(30)7)18-21-47-31/h8-15,18,21-22,27,29,31H,16-17,19-20,23H2,1-7H3,(H,37,41). The van der Waals surface area contributed by atoms with Gasteiger partial charge in [0.15, 0.2) is 0 Å². The summed E-state index contributed by atoms with van der Waals surface area (Å²) in [5.41, 5.74) is 1.41. The molecule has 3 heterocycles. The maximum absolute atomic E-state index is 13.6. The van der Waals surface area contributed by atoms with E-state index in [2.05, 4.69) is 16.8 Å². The number of hydrogen-bond donors (Lipinski definition) is 1. The molecule has 0 aliphatic carbocycles. The quantitative estimate of drug-likeness (QED) is 0.333. The Morgan fingerprint density at radius 2 is 1.60 bits per heavy atom. The Hall–Kier alpha value is -4.12. The average molecular weight is 663 g/mol. The van der Waals surface area contributed by atoms with Gasteiger partial charge >= 0.3 is 12.2 Å². The first-order valence-electron chi connectivity index (χ1n) is 16.1. The van der Waals surface area contributed by atoms with Gasteiger partial charge in [-0.1, -0.05) is 24.3 Å². The molecule has 2 aromatic carbocycles. The third kappa shape index (κ3) is 8.82. The highest BCUT2D eigenvalue weighted by molar-refractivity contribution is 8.03. The van der Waals surface area contributed by atoms with Crippen LogP contribution in [0, 0.1) is 0 Å². The molecule has 3 amide bonds. The van der Waals surface area contributed by atoms with Gasteiger partial charge in [0.1, 0.15) is 28.8 Å². The Balaban J connectivity index is 1.27. The minimum atomic E-state index is -0.704. The van der Waals surface area contributed by atoms with E-state index in [1.807, 2.05) is 108 Å². The van der Waals surface area contributed by atoms with Crippen molar-refractivity contribution >= 4 is 41.2 Å². The van der Waals surface area contributed by atoms with Crippen LogP contribution in [0.1, 0.15) is 59.9 Å². The average Bonchev–Trinajstić information content (AvgIpc) is 3.58. The van der Waals surface area contributed by atoms with Gasteiger partial charge in [-0.2, -0.15) is 0 Å². The summed E-state index contributed by atoms with van der Waals surface area (Å²) < 4.78 is 17.5. The van der Waals surface area contributed by atoms with E-state index in [4.69, 9.17) is 14.2 Å². The van der Waals surface area contributed by atoms with Gasteiger partial charge in [-0.25, -0.2) is 9.59 Å². The summed E-state index contributed by atoms with van der Waals surface area (Å²) in [5.74, 6) is 0.485. The van der Waals surface area contributed by atoms with Gasteiger partial charge in [0.2, 0.25) is 0 Å². The fourth-order valence-corrected chi connectivity index (χ4v) is 6.73. The van der Waals surface area contributed by atoms with Crippen LogP contribution in [0.25, 0.3) is 0 Å². The number of rotatable bonds is 7. The topological polar surface area (TPSA) is 101 Å². The van der Waals surface area contributed by atoms with Crippen molar-refractivity contribution in [2.24, 2.45) is 0 Å². The van der Waals surface area contributed by atoms with Gasteiger partial charge in [0.25, 0.3) is 5.91 Å². The fraction of sp³-hybridized carbons (Fsp3) is 0.472. The van der Waals surface area contributed by atoms with E-state index >= 15 is 0 Å². The van der Waals surface area contributed by atoms with E-state index in [9.17, 15) is 14.4 Å². The maximum Gasteiger partial charge on any atom is 0.415 e. The number of fused-ring (bicyclic) bond motifs is 1. The van der Waals surface area contributed by atoms with Crippen molar-refractivity contribution in [3.63, 3.8) is 0 Å². The number of anilines is 2. The van der Waals surface area contributed by atoms with Crippen molar-refractivity contribution in [2.75, 3.05) is 30.4 Å². The first-order valence-corrected chi connectivity index (χ1v) is 17.0. The second-order valence-electron chi connectivity index (χ2n) is 14.0. The number of carbonyl (C=O) groups is 3. The third-order valence-corrected chi connectivity index (χ3v) is 9.03. The van der Waals surface area contributed by atoms with Crippen LogP contribution >= 0.6 is 11.8 Å². The normalized spacial score (nSPS) is 19.6. The molecule has 1 saturated heterocycles. The largest absolute Gasteiger partial charge is 0.490 e. The lowest BCUT2D eigenvalue weighted by Gasteiger charge is -2.33. The van der Waals surface area contributed by atoms with Crippen LogP contribution in [0.3, 0.4) is 0 Å². The van der Waals surface area contributed by atoms with Crippen molar-refractivity contribution < 1.29 is 28.6 Å². The number of para-hydroxylation sites is 1. The molecule has 252 valence electrons. The van der Waals surface area contributed by atoms with Gasteiger partial charge < -0.3 is 29.3 Å². The molecular weight excluding hydrogens is 616 g/mol. The minimum Gasteiger partial charge on any atom is -0.490 e. The van der Waals surface area contributed by atoms with Gasteiger partial charge in [0, 0.05) is 44.4 Å². The number of likely N-dealkylation sites (tertiary alicyclic amines) is 1. The van der Waals surface area contributed by atoms with Gasteiger partial charge in [-0.05, 0) is 88.9 Å². The monoisotopic (exact) mass is 662 g/mol. The number of likely N-dealkylation sites (N-methyl/N-ethyl adjacent to an activating group) is 1. The van der Waals surface area contributed by atoms with E-state index in [1.54, 1.807) is 21.6 Å². The summed E-state index contributed by atoms with van der Waals surface area (Å²) in [6.45, 7) is 12.4. The fourth-order valence-electron chi connectivity index (χ4n) is 5.66. The molecule has 10 nitrogen and oxygen atoms in total. The molecule has 2 atom stereocenters. The number of hydrogen-bond acceptors (Lipinski definition) is 8. The van der Waals surface area contributed by atoms with Crippen molar-refractivity contribution in [3.05, 3.63) is 77.4 Å². The van der Waals surface area contributed by atoms with Crippen LogP contribution < -0.4 is 15.0 Å². The Morgan fingerprint density at radius 3 is 2.23 bits per heavy atom. The summed E-state index contributed by atoms with van der Waals surface area (Å²) in [6, 6.07) is 15.0. The zero-order valence-electron chi connectivity index (χ0n) is 28.3. The van der Waals surface area contributed by atoms with Gasteiger partial charge in [0.05, 0.1) is 17.8 Å². The number of amides is 3. The molecule has 11 heteroatoms. The zero-order valence-corrected chi connectivity index (χ0v) is 29.1. The van der Waals surface area contributed by atoms with Crippen LogP contribution in [-0.4, -0.2) is 76.6 Å². The molecular formula is C36H46N4O6S. The highest BCUT2D eigenvalue weighted by atomic mass is 32.2. The smallest absolute Gasteiger partial charge is 0.415 e. The SMILES string of the molecule is CN1C(C(=O)Nc2ccccc2CN(C(=O)OC(C)(C)C)c2ccc(OC3CCN(C(=O)OC(C)(C)C)CC3)cc2)=CC2SC=CC21. The number of benzene rings is 2. The van der Waals surface area contributed by atoms with E-state index in [-0.39, 0.29) is 35.9 Å². The lowest BCUT2D eigenvalue weighted by atomic mass is 10.1. The molecule has 3 aliphatic rings. The number of piperidine rings is 1. The van der Waals surface area contributed by atoms with E-state index in [0.717, 1.165) is 5.56 Å². The minimum absolute atomic E-state index is 0.0415. The highest BCUT2D eigenvalue weighted by Gasteiger charge is 2.36. The highest BCUT2D eigenvalue weighted by Crippen LogP contribution is 2.37. The summed E-state index contributed by atoms with van der Waals surface area (Å²) in [6.07, 6.45) is 4.66. The molecule has 2 aromatic rings. The molecule has 0 aromatic heterocycles. The van der Waals surface area contributed by atoms with Crippen LogP contribution in [0.15, 0.2) is 71.8 Å². The number of carbonyl (C=O) groups excluding carboxylic acids is 3. The predicted molar refractivity (Wildman–Crippen MR) is 186 cm³/mol. The molecule has 3 aliphatic heterocycles. The van der Waals surface area contributed by atoms with Crippen LogP contribution in [-0.2, 0) is 20.8 Å². The molecule has 5 rings (SSSR count). The van der Waals surface area contributed by atoms with E-state index in [0.29, 0.717) is 48.8 Å². The Kier molecular flexibility index (Phi) is 10.1. The molecule has 1 fully saturated rings. The molecule has 2 unspecified atom stereocenters. The lowest BCUT2D eigenvalue weighted by molar-refractivity contribution is -0.114. The second-order valence-corrected chi connectivity index (χ2v) is 15.1. The molecule has 1 N–H and O–H groups in total. The van der Waals surface area contributed by atoms with Crippen molar-refractivity contribution in [1.29, 1.82) is 0 Å². The number of nitrogens with zero attached hydrogens (tertiary/aromatic N) is 3. The molecule has 0 bridgehead atoms. The van der Waals surface area contributed by atoms with Gasteiger partial charge in [-0.3, -0.25) is 9.69 Å². The Bertz CT molecular complexity index is 1520. The molecule has 0 spiro atoms. The van der Waals surface area contributed by atoms with Crippen molar-refractivity contribution in [2.45, 2.75) is 89.5 Å².